The lowest BCUT2D eigenvalue weighted by atomic mass is 10.1. The van der Waals surface area contributed by atoms with Crippen molar-refractivity contribution >= 4 is 17.5 Å². The molecule has 0 aliphatic rings. The number of aromatic hydroxyl groups is 1. The Labute approximate surface area is 124 Å². The zero-order valence-corrected chi connectivity index (χ0v) is 11.1. The number of phenols is 1. The van der Waals surface area contributed by atoms with Gasteiger partial charge in [0.25, 0.3) is 17.5 Å². The summed E-state index contributed by atoms with van der Waals surface area (Å²) in [6.07, 6.45) is 0. The normalized spacial score (nSPS) is 9.82. The van der Waals surface area contributed by atoms with Crippen LogP contribution in [-0.4, -0.2) is 21.8 Å². The molecule has 2 amide bonds. The predicted molar refractivity (Wildman–Crippen MR) is 76.1 cm³/mol. The smallest absolute Gasteiger partial charge is 0.282 e. The summed E-state index contributed by atoms with van der Waals surface area (Å²) in [7, 11) is 0. The van der Waals surface area contributed by atoms with Crippen LogP contribution in [0.3, 0.4) is 0 Å². The zero-order valence-electron chi connectivity index (χ0n) is 11.1. The second-order valence-corrected chi connectivity index (χ2v) is 4.20. The molecule has 2 aromatic carbocycles. The van der Waals surface area contributed by atoms with Gasteiger partial charge in [-0.3, -0.25) is 30.6 Å². The Kier molecular flexibility index (Phi) is 4.33. The molecule has 22 heavy (non-hydrogen) atoms. The quantitative estimate of drug-likeness (QED) is 0.584. The van der Waals surface area contributed by atoms with Gasteiger partial charge in [0.15, 0.2) is 0 Å². The van der Waals surface area contributed by atoms with E-state index in [-0.39, 0.29) is 22.6 Å². The molecule has 2 aromatic rings. The first kappa shape index (κ1) is 15.0. The third-order valence-corrected chi connectivity index (χ3v) is 2.78. The molecule has 0 atom stereocenters. The summed E-state index contributed by atoms with van der Waals surface area (Å²) in [6.45, 7) is 0. The molecule has 0 aromatic heterocycles. The summed E-state index contributed by atoms with van der Waals surface area (Å²) in [4.78, 5) is 33.8. The average Bonchev–Trinajstić information content (AvgIpc) is 2.52. The maximum Gasteiger partial charge on any atom is 0.282 e. The molecule has 0 saturated heterocycles. The Morgan fingerprint density at radius 3 is 2.00 bits per heavy atom. The number of nitrogens with one attached hydrogen (secondary N) is 2. The van der Waals surface area contributed by atoms with E-state index in [0.717, 1.165) is 0 Å². The van der Waals surface area contributed by atoms with E-state index in [9.17, 15) is 24.8 Å². The number of phenolic OH excluding ortho intramolecular Hbond substituents is 1. The standard InChI is InChI=1S/C14H11N3O5/c18-12-8-4-2-6-10(12)14(20)16-15-13(19)9-5-1-3-7-11(9)17(21)22/h1-8,18H,(H,15,19)(H,16,20). The Balaban J connectivity index is 2.09. The molecule has 3 N–H and O–H groups in total. The van der Waals surface area contributed by atoms with Gasteiger partial charge in [0.1, 0.15) is 11.3 Å². The van der Waals surface area contributed by atoms with Crippen LogP contribution in [0, 0.1) is 10.1 Å². The van der Waals surface area contributed by atoms with Crippen molar-refractivity contribution in [1.29, 1.82) is 0 Å². The van der Waals surface area contributed by atoms with E-state index in [1.54, 1.807) is 6.07 Å². The average molecular weight is 301 g/mol. The summed E-state index contributed by atoms with van der Waals surface area (Å²) < 4.78 is 0. The molecule has 0 aliphatic carbocycles. The molecule has 0 saturated carbocycles. The summed E-state index contributed by atoms with van der Waals surface area (Å²) in [5.74, 6) is -1.83. The number of hydrogen-bond acceptors (Lipinski definition) is 5. The van der Waals surface area contributed by atoms with Crippen molar-refractivity contribution in [2.45, 2.75) is 0 Å². The fourth-order valence-corrected chi connectivity index (χ4v) is 1.74. The highest BCUT2D eigenvalue weighted by atomic mass is 16.6. The summed E-state index contributed by atoms with van der Waals surface area (Å²) in [5, 5.41) is 20.4. The number of hydrazine groups is 1. The number of para-hydroxylation sites is 2. The van der Waals surface area contributed by atoms with E-state index in [2.05, 4.69) is 10.9 Å². The minimum absolute atomic E-state index is 0.0367. The first-order valence-electron chi connectivity index (χ1n) is 6.13. The largest absolute Gasteiger partial charge is 0.507 e. The zero-order chi connectivity index (χ0) is 16.1. The number of hydrogen-bond donors (Lipinski definition) is 3. The summed E-state index contributed by atoms with van der Waals surface area (Å²) in [6, 6.07) is 11.1. The fraction of sp³-hybridized carbons (Fsp3) is 0. The maximum atomic E-state index is 11.9. The maximum absolute atomic E-state index is 11.9. The Bertz CT molecular complexity index is 745. The van der Waals surface area contributed by atoms with Gasteiger partial charge in [0.2, 0.25) is 0 Å². The van der Waals surface area contributed by atoms with Gasteiger partial charge in [-0.05, 0) is 18.2 Å². The van der Waals surface area contributed by atoms with Crippen LogP contribution in [0.1, 0.15) is 20.7 Å². The van der Waals surface area contributed by atoms with E-state index in [1.165, 1.54) is 42.5 Å². The molecule has 8 nitrogen and oxygen atoms in total. The molecular weight excluding hydrogens is 290 g/mol. The summed E-state index contributed by atoms with van der Waals surface area (Å²) in [5.41, 5.74) is 3.54. The van der Waals surface area contributed by atoms with E-state index >= 15 is 0 Å². The first-order valence-corrected chi connectivity index (χ1v) is 6.13. The lowest BCUT2D eigenvalue weighted by Gasteiger charge is -2.08. The molecule has 0 fully saturated rings. The minimum atomic E-state index is -0.837. The van der Waals surface area contributed by atoms with Crippen LogP contribution in [0.25, 0.3) is 0 Å². The van der Waals surface area contributed by atoms with Crippen LogP contribution in [0.5, 0.6) is 5.75 Å². The van der Waals surface area contributed by atoms with Gasteiger partial charge in [-0.15, -0.1) is 0 Å². The Hall–Kier alpha value is -3.42. The Morgan fingerprint density at radius 1 is 0.909 bits per heavy atom. The highest BCUT2D eigenvalue weighted by Gasteiger charge is 2.20. The third-order valence-electron chi connectivity index (χ3n) is 2.78. The Morgan fingerprint density at radius 2 is 1.41 bits per heavy atom. The van der Waals surface area contributed by atoms with Crippen LogP contribution in [-0.2, 0) is 0 Å². The molecule has 112 valence electrons. The molecular formula is C14H11N3O5. The van der Waals surface area contributed by atoms with Crippen molar-refractivity contribution in [2.24, 2.45) is 0 Å². The first-order chi connectivity index (χ1) is 10.5. The van der Waals surface area contributed by atoms with Crippen LogP contribution >= 0.6 is 0 Å². The highest BCUT2D eigenvalue weighted by Crippen LogP contribution is 2.17. The number of carbonyl (C=O) groups is 2. The van der Waals surface area contributed by atoms with Crippen LogP contribution in [0.2, 0.25) is 0 Å². The second-order valence-electron chi connectivity index (χ2n) is 4.20. The second kappa shape index (κ2) is 6.35. The lowest BCUT2D eigenvalue weighted by molar-refractivity contribution is -0.385. The van der Waals surface area contributed by atoms with E-state index in [4.69, 9.17) is 0 Å². The number of carbonyl (C=O) groups excluding carboxylic acids is 2. The van der Waals surface area contributed by atoms with Gasteiger partial charge >= 0.3 is 0 Å². The van der Waals surface area contributed by atoms with Crippen molar-refractivity contribution in [2.75, 3.05) is 0 Å². The molecule has 2 rings (SSSR count). The molecule has 0 radical (unpaired) electrons. The molecule has 8 heteroatoms. The number of nitrogens with zero attached hydrogens (tertiary/aromatic N) is 1. The highest BCUT2D eigenvalue weighted by molar-refractivity contribution is 6.02. The van der Waals surface area contributed by atoms with E-state index in [0.29, 0.717) is 0 Å². The van der Waals surface area contributed by atoms with Crippen LogP contribution < -0.4 is 10.9 Å². The minimum Gasteiger partial charge on any atom is -0.507 e. The number of nitro benzene ring substituents is 1. The van der Waals surface area contributed by atoms with Gasteiger partial charge in [-0.25, -0.2) is 0 Å². The third kappa shape index (κ3) is 3.18. The molecule has 0 unspecified atom stereocenters. The number of benzene rings is 2. The summed E-state index contributed by atoms with van der Waals surface area (Å²) >= 11 is 0. The topological polar surface area (TPSA) is 122 Å². The van der Waals surface area contributed by atoms with Crippen LogP contribution in [0.4, 0.5) is 5.69 Å². The van der Waals surface area contributed by atoms with Gasteiger partial charge < -0.3 is 5.11 Å². The van der Waals surface area contributed by atoms with Gasteiger partial charge in [0.05, 0.1) is 10.5 Å². The van der Waals surface area contributed by atoms with Gasteiger partial charge in [0, 0.05) is 6.07 Å². The number of nitro groups is 1. The number of amides is 2. The van der Waals surface area contributed by atoms with Crippen molar-refractivity contribution in [3.63, 3.8) is 0 Å². The van der Waals surface area contributed by atoms with Crippen molar-refractivity contribution in [3.05, 3.63) is 69.8 Å². The lowest BCUT2D eigenvalue weighted by Crippen LogP contribution is -2.41. The van der Waals surface area contributed by atoms with Crippen LogP contribution in [0.15, 0.2) is 48.5 Å². The molecule has 0 bridgehead atoms. The van der Waals surface area contributed by atoms with E-state index < -0.39 is 16.7 Å². The van der Waals surface area contributed by atoms with Gasteiger partial charge in [-0.2, -0.15) is 0 Å². The monoisotopic (exact) mass is 301 g/mol. The predicted octanol–water partition coefficient (Wildman–Crippen LogP) is 1.38. The van der Waals surface area contributed by atoms with Crippen molar-refractivity contribution in [3.8, 4) is 5.75 Å². The number of rotatable bonds is 3. The molecule has 0 spiro atoms. The van der Waals surface area contributed by atoms with Gasteiger partial charge in [-0.1, -0.05) is 24.3 Å². The SMILES string of the molecule is O=C(NNC(=O)c1ccccc1[N+](=O)[O-])c1ccccc1O. The molecule has 0 heterocycles. The van der Waals surface area contributed by atoms with Crippen molar-refractivity contribution < 1.29 is 19.6 Å². The molecule has 0 aliphatic heterocycles. The van der Waals surface area contributed by atoms with E-state index in [1.807, 2.05) is 0 Å². The fourth-order valence-electron chi connectivity index (χ4n) is 1.74. The van der Waals surface area contributed by atoms with Crippen molar-refractivity contribution in [1.82, 2.24) is 10.9 Å².